The highest BCUT2D eigenvalue weighted by atomic mass is 127. The lowest BCUT2D eigenvalue weighted by Crippen LogP contribution is -2.47. The molecular weight excluding hydrogens is 483 g/mol. The second-order valence-corrected chi connectivity index (χ2v) is 7.39. The second-order valence-electron chi connectivity index (χ2n) is 7.39. The first-order valence-corrected chi connectivity index (χ1v) is 10.0. The predicted molar refractivity (Wildman–Crippen MR) is 128 cm³/mol. The van der Waals surface area contributed by atoms with Crippen molar-refractivity contribution in [1.29, 1.82) is 0 Å². The van der Waals surface area contributed by atoms with Crippen LogP contribution in [0.3, 0.4) is 0 Å². The summed E-state index contributed by atoms with van der Waals surface area (Å²) in [7, 11) is 5.11. The molecule has 0 bridgehead atoms. The molecule has 1 saturated carbocycles. The van der Waals surface area contributed by atoms with E-state index in [0.717, 1.165) is 12.8 Å². The summed E-state index contributed by atoms with van der Waals surface area (Å²) in [5.74, 6) is 2.06. The molecule has 0 spiro atoms. The first-order chi connectivity index (χ1) is 13.5. The summed E-state index contributed by atoms with van der Waals surface area (Å²) in [5.41, 5.74) is 0. The third kappa shape index (κ3) is 9.10. The monoisotopic (exact) mass is 518 g/mol. The number of guanidine groups is 1. The summed E-state index contributed by atoms with van der Waals surface area (Å²) in [6.45, 7) is 2.67. The zero-order valence-electron chi connectivity index (χ0n) is 17.9. The molecule has 1 unspecified atom stereocenters. The highest BCUT2D eigenvalue weighted by Crippen LogP contribution is 2.26. The van der Waals surface area contributed by atoms with E-state index in [-0.39, 0.29) is 42.5 Å². The number of hydrogen-bond donors (Lipinski definition) is 2. The topological polar surface area (TPSA) is 75.2 Å². The number of ether oxygens (including phenoxy) is 2. The van der Waals surface area contributed by atoms with Gasteiger partial charge in [0.05, 0.1) is 13.7 Å². The van der Waals surface area contributed by atoms with E-state index in [2.05, 4.69) is 15.6 Å². The Labute approximate surface area is 191 Å². The van der Waals surface area contributed by atoms with Gasteiger partial charge in [-0.05, 0) is 31.9 Å². The Bertz CT molecular complexity index is 649. The number of benzene rings is 1. The standard InChI is InChI=1S/C21H34N4O3.HI/c1-16(28-19-13-9-8-12-18(19)27-4)14-22-21(23-15-20(26)25(2)3)24-17-10-6-5-7-11-17;/h8-9,12-13,16-17H,5-7,10-11,14-15H2,1-4H3,(H2,22,23,24);1H. The Morgan fingerprint density at radius 1 is 1.21 bits per heavy atom. The van der Waals surface area contributed by atoms with Gasteiger partial charge in [-0.15, -0.1) is 24.0 Å². The lowest BCUT2D eigenvalue weighted by molar-refractivity contribution is -0.127. The van der Waals surface area contributed by atoms with E-state index in [9.17, 15) is 4.79 Å². The van der Waals surface area contributed by atoms with Crippen molar-refractivity contribution in [3.63, 3.8) is 0 Å². The third-order valence-corrected chi connectivity index (χ3v) is 4.77. The lowest BCUT2D eigenvalue weighted by Gasteiger charge is -2.26. The largest absolute Gasteiger partial charge is 0.493 e. The van der Waals surface area contributed by atoms with Gasteiger partial charge in [0, 0.05) is 20.1 Å². The van der Waals surface area contributed by atoms with Crippen molar-refractivity contribution in [2.45, 2.75) is 51.2 Å². The Balaban J connectivity index is 0.00000420. The molecule has 1 fully saturated rings. The maximum Gasteiger partial charge on any atom is 0.243 e. The van der Waals surface area contributed by atoms with Crippen LogP contribution in [0.4, 0.5) is 0 Å². The molecule has 29 heavy (non-hydrogen) atoms. The smallest absolute Gasteiger partial charge is 0.243 e. The fourth-order valence-electron chi connectivity index (χ4n) is 3.10. The molecule has 1 amide bonds. The van der Waals surface area contributed by atoms with Gasteiger partial charge in [-0.1, -0.05) is 31.4 Å². The molecule has 8 heteroatoms. The van der Waals surface area contributed by atoms with Crippen molar-refractivity contribution in [3.05, 3.63) is 24.3 Å². The van der Waals surface area contributed by atoms with Gasteiger partial charge in [-0.3, -0.25) is 4.79 Å². The van der Waals surface area contributed by atoms with Crippen LogP contribution in [-0.4, -0.2) is 63.2 Å². The predicted octanol–water partition coefficient (Wildman–Crippen LogP) is 3.04. The van der Waals surface area contributed by atoms with Crippen molar-refractivity contribution in [3.8, 4) is 11.5 Å². The van der Waals surface area contributed by atoms with E-state index in [4.69, 9.17) is 9.47 Å². The molecule has 2 N–H and O–H groups in total. The van der Waals surface area contributed by atoms with E-state index in [0.29, 0.717) is 30.0 Å². The minimum absolute atomic E-state index is 0. The number of hydrogen-bond acceptors (Lipinski definition) is 4. The number of halogens is 1. The number of carbonyl (C=O) groups is 1. The van der Waals surface area contributed by atoms with Crippen LogP contribution in [0, 0.1) is 0 Å². The number of para-hydroxylation sites is 2. The van der Waals surface area contributed by atoms with Crippen molar-refractivity contribution in [1.82, 2.24) is 15.5 Å². The van der Waals surface area contributed by atoms with Crippen LogP contribution in [0.1, 0.15) is 39.0 Å². The van der Waals surface area contributed by atoms with E-state index < -0.39 is 0 Å². The normalized spacial score (nSPS) is 15.7. The minimum Gasteiger partial charge on any atom is -0.493 e. The number of nitrogens with zero attached hydrogens (tertiary/aromatic N) is 2. The van der Waals surface area contributed by atoms with Crippen LogP contribution in [0.2, 0.25) is 0 Å². The zero-order chi connectivity index (χ0) is 20.4. The van der Waals surface area contributed by atoms with E-state index in [1.54, 1.807) is 26.1 Å². The third-order valence-electron chi connectivity index (χ3n) is 4.77. The number of amides is 1. The van der Waals surface area contributed by atoms with Crippen molar-refractivity contribution >= 4 is 35.8 Å². The van der Waals surface area contributed by atoms with Gasteiger partial charge < -0.3 is 25.0 Å². The van der Waals surface area contributed by atoms with Gasteiger partial charge in [-0.25, -0.2) is 4.99 Å². The quantitative estimate of drug-likeness (QED) is 0.315. The summed E-state index contributed by atoms with van der Waals surface area (Å²) >= 11 is 0. The average molecular weight is 518 g/mol. The Hall–Kier alpha value is -1.71. The number of aliphatic imine (C=N–C) groups is 1. The van der Waals surface area contributed by atoms with Crippen LogP contribution in [0.15, 0.2) is 29.3 Å². The highest BCUT2D eigenvalue weighted by Gasteiger charge is 2.16. The number of carbonyl (C=O) groups excluding carboxylic acids is 1. The van der Waals surface area contributed by atoms with Crippen LogP contribution < -0.4 is 20.1 Å². The maximum absolute atomic E-state index is 11.9. The molecule has 0 aliphatic heterocycles. The first kappa shape index (κ1) is 25.3. The summed E-state index contributed by atoms with van der Waals surface area (Å²) in [6.07, 6.45) is 5.93. The van der Waals surface area contributed by atoms with Gasteiger partial charge >= 0.3 is 0 Å². The molecule has 0 radical (unpaired) electrons. The molecule has 2 rings (SSSR count). The molecule has 0 saturated heterocycles. The summed E-state index contributed by atoms with van der Waals surface area (Å²) in [4.78, 5) is 17.9. The van der Waals surface area contributed by atoms with E-state index in [1.807, 2.05) is 31.2 Å². The lowest BCUT2D eigenvalue weighted by atomic mass is 9.96. The zero-order valence-corrected chi connectivity index (χ0v) is 20.3. The van der Waals surface area contributed by atoms with Gasteiger partial charge in [0.2, 0.25) is 5.91 Å². The first-order valence-electron chi connectivity index (χ1n) is 10.0. The Morgan fingerprint density at radius 2 is 1.86 bits per heavy atom. The highest BCUT2D eigenvalue weighted by molar-refractivity contribution is 14.0. The average Bonchev–Trinajstić information content (AvgIpc) is 2.70. The fraction of sp³-hybridized carbons (Fsp3) is 0.619. The SMILES string of the molecule is COc1ccccc1OC(C)CNC(=NCC(=O)N(C)C)NC1CCCCC1.I. The fourth-order valence-corrected chi connectivity index (χ4v) is 3.10. The van der Waals surface area contributed by atoms with E-state index in [1.165, 1.54) is 19.3 Å². The van der Waals surface area contributed by atoms with Crippen LogP contribution in [-0.2, 0) is 4.79 Å². The maximum atomic E-state index is 11.9. The van der Waals surface area contributed by atoms with Crippen LogP contribution >= 0.6 is 24.0 Å². The minimum atomic E-state index is -0.0980. The van der Waals surface area contributed by atoms with Crippen LogP contribution in [0.5, 0.6) is 11.5 Å². The Kier molecular flexibility index (Phi) is 11.8. The summed E-state index contributed by atoms with van der Waals surface area (Å²) in [5, 5.41) is 6.80. The van der Waals surface area contributed by atoms with Gasteiger partial charge in [-0.2, -0.15) is 0 Å². The molecule has 1 aromatic carbocycles. The number of likely N-dealkylation sites (N-methyl/N-ethyl adjacent to an activating group) is 1. The molecule has 1 aliphatic rings. The molecule has 7 nitrogen and oxygen atoms in total. The Morgan fingerprint density at radius 3 is 2.48 bits per heavy atom. The molecule has 1 aromatic rings. The van der Waals surface area contributed by atoms with Crippen molar-refractivity contribution < 1.29 is 14.3 Å². The van der Waals surface area contributed by atoms with E-state index >= 15 is 0 Å². The summed E-state index contributed by atoms with van der Waals surface area (Å²) in [6, 6.07) is 8.00. The molecule has 164 valence electrons. The molecule has 1 atom stereocenters. The van der Waals surface area contributed by atoms with Crippen molar-refractivity contribution in [2.24, 2.45) is 4.99 Å². The number of methoxy groups -OCH3 is 1. The van der Waals surface area contributed by atoms with Gasteiger partial charge in [0.25, 0.3) is 0 Å². The second kappa shape index (κ2) is 13.5. The van der Waals surface area contributed by atoms with Crippen molar-refractivity contribution in [2.75, 3.05) is 34.3 Å². The molecule has 0 heterocycles. The van der Waals surface area contributed by atoms with Gasteiger partial charge in [0.1, 0.15) is 12.6 Å². The van der Waals surface area contributed by atoms with Crippen LogP contribution in [0.25, 0.3) is 0 Å². The number of rotatable bonds is 8. The van der Waals surface area contributed by atoms with Gasteiger partial charge in [0.15, 0.2) is 17.5 Å². The number of nitrogens with one attached hydrogen (secondary N) is 2. The summed E-state index contributed by atoms with van der Waals surface area (Å²) < 4.78 is 11.3. The molecule has 0 aromatic heterocycles. The molecule has 1 aliphatic carbocycles. The molecular formula is C21H35IN4O3.